The van der Waals surface area contributed by atoms with Crippen molar-refractivity contribution >= 4 is 35.6 Å². The highest BCUT2D eigenvalue weighted by molar-refractivity contribution is 7.80. The molecule has 1 aromatic heterocycles. The zero-order valence-electron chi connectivity index (χ0n) is 8.78. The van der Waals surface area contributed by atoms with Crippen LogP contribution >= 0.6 is 35.6 Å². The van der Waals surface area contributed by atoms with Crippen LogP contribution in [0.4, 0.5) is 0 Å². The molecule has 2 nitrogen and oxygen atoms in total. The second kappa shape index (κ2) is 7.52. The van der Waals surface area contributed by atoms with Crippen molar-refractivity contribution in [1.82, 2.24) is 4.90 Å². The highest BCUT2D eigenvalue weighted by Gasteiger charge is 2.02. The Morgan fingerprint density at radius 3 is 2.87 bits per heavy atom. The van der Waals surface area contributed by atoms with Gasteiger partial charge in [-0.05, 0) is 19.2 Å². The molecule has 1 heterocycles. The molecule has 15 heavy (non-hydrogen) atoms. The molecule has 0 N–H and O–H groups in total. The molecule has 0 amide bonds. The van der Waals surface area contributed by atoms with Gasteiger partial charge >= 0.3 is 0 Å². The van der Waals surface area contributed by atoms with Crippen molar-refractivity contribution in [2.24, 2.45) is 0 Å². The van der Waals surface area contributed by atoms with E-state index < -0.39 is 0 Å². The summed E-state index contributed by atoms with van der Waals surface area (Å²) in [5.41, 5.74) is 0. The van der Waals surface area contributed by atoms with Crippen LogP contribution in [0, 0.1) is 0 Å². The minimum Gasteiger partial charge on any atom is -0.379 e. The van der Waals surface area contributed by atoms with Crippen LogP contribution in [0.1, 0.15) is 4.88 Å². The van der Waals surface area contributed by atoms with E-state index in [2.05, 4.69) is 30.6 Å². The molecule has 1 aromatic rings. The number of halogens is 1. The van der Waals surface area contributed by atoms with E-state index in [1.54, 1.807) is 11.3 Å². The summed E-state index contributed by atoms with van der Waals surface area (Å²) in [5, 5.41) is 0. The van der Waals surface area contributed by atoms with E-state index in [4.69, 9.17) is 16.3 Å². The monoisotopic (exact) mass is 265 g/mol. The standard InChI is InChI=1S/C10H16ClNOS2/c1-12(4-5-13-6-7-14)8-9-2-3-10(11)15-9/h2-3,14H,4-8H2,1H3. The summed E-state index contributed by atoms with van der Waals surface area (Å²) >= 11 is 11.6. The van der Waals surface area contributed by atoms with Gasteiger partial charge in [-0.25, -0.2) is 0 Å². The van der Waals surface area contributed by atoms with Gasteiger partial charge in [0.05, 0.1) is 17.6 Å². The first-order valence-electron chi connectivity index (χ1n) is 4.83. The van der Waals surface area contributed by atoms with E-state index in [1.807, 2.05) is 6.07 Å². The molecular formula is C10H16ClNOS2. The van der Waals surface area contributed by atoms with Crippen LogP contribution in [0.15, 0.2) is 12.1 Å². The number of ether oxygens (including phenoxy) is 1. The third-order valence-electron chi connectivity index (χ3n) is 1.91. The Morgan fingerprint density at radius 2 is 2.27 bits per heavy atom. The normalized spacial score (nSPS) is 11.2. The summed E-state index contributed by atoms with van der Waals surface area (Å²) in [6.07, 6.45) is 0. The van der Waals surface area contributed by atoms with Crippen LogP contribution in [0.25, 0.3) is 0 Å². The molecule has 0 unspecified atom stereocenters. The predicted molar refractivity (Wildman–Crippen MR) is 70.3 cm³/mol. The van der Waals surface area contributed by atoms with Gasteiger partial charge in [-0.2, -0.15) is 12.6 Å². The number of likely N-dealkylation sites (N-methyl/N-ethyl adjacent to an activating group) is 1. The maximum Gasteiger partial charge on any atom is 0.0931 e. The van der Waals surface area contributed by atoms with Crippen LogP contribution in [0.5, 0.6) is 0 Å². The largest absolute Gasteiger partial charge is 0.379 e. The first-order chi connectivity index (χ1) is 7.22. The van der Waals surface area contributed by atoms with Gasteiger partial charge in [0.25, 0.3) is 0 Å². The van der Waals surface area contributed by atoms with Crippen LogP contribution in [-0.4, -0.2) is 37.5 Å². The summed E-state index contributed by atoms with van der Waals surface area (Å²) in [6.45, 7) is 3.35. The van der Waals surface area contributed by atoms with Crippen molar-refractivity contribution in [2.45, 2.75) is 6.54 Å². The van der Waals surface area contributed by atoms with Gasteiger partial charge < -0.3 is 4.74 Å². The zero-order valence-corrected chi connectivity index (χ0v) is 11.2. The van der Waals surface area contributed by atoms with Crippen LogP contribution in [0.3, 0.4) is 0 Å². The summed E-state index contributed by atoms with van der Waals surface area (Å²) in [5.74, 6) is 0.782. The molecule has 86 valence electrons. The molecule has 0 radical (unpaired) electrons. The third kappa shape index (κ3) is 5.78. The van der Waals surface area contributed by atoms with E-state index in [1.165, 1.54) is 4.88 Å². The molecule has 0 fully saturated rings. The molecule has 5 heteroatoms. The van der Waals surface area contributed by atoms with E-state index in [0.29, 0.717) is 0 Å². The third-order valence-corrected chi connectivity index (χ3v) is 3.31. The number of hydrogen-bond acceptors (Lipinski definition) is 4. The van der Waals surface area contributed by atoms with Crippen LogP contribution in [-0.2, 0) is 11.3 Å². The zero-order chi connectivity index (χ0) is 11.1. The fourth-order valence-electron chi connectivity index (χ4n) is 1.17. The van der Waals surface area contributed by atoms with E-state index in [-0.39, 0.29) is 0 Å². The molecule has 0 spiro atoms. The van der Waals surface area contributed by atoms with E-state index >= 15 is 0 Å². The van der Waals surface area contributed by atoms with E-state index in [9.17, 15) is 0 Å². The van der Waals surface area contributed by atoms with Crippen molar-refractivity contribution < 1.29 is 4.74 Å². The van der Waals surface area contributed by atoms with Gasteiger partial charge in [0.2, 0.25) is 0 Å². The van der Waals surface area contributed by atoms with Crippen LogP contribution < -0.4 is 0 Å². The van der Waals surface area contributed by atoms with Gasteiger partial charge in [0.15, 0.2) is 0 Å². The van der Waals surface area contributed by atoms with Crippen molar-refractivity contribution in [3.8, 4) is 0 Å². The molecule has 0 saturated heterocycles. The minimum atomic E-state index is 0.724. The van der Waals surface area contributed by atoms with Gasteiger partial charge in [-0.15, -0.1) is 11.3 Å². The Balaban J connectivity index is 2.15. The topological polar surface area (TPSA) is 12.5 Å². The molecule has 0 aliphatic heterocycles. The Hall–Kier alpha value is 0.260. The Kier molecular flexibility index (Phi) is 6.68. The first-order valence-corrected chi connectivity index (χ1v) is 6.66. The Bertz CT molecular complexity index is 280. The first kappa shape index (κ1) is 13.3. The quantitative estimate of drug-likeness (QED) is 0.601. The summed E-state index contributed by atoms with van der Waals surface area (Å²) in [6, 6.07) is 4.00. The highest BCUT2D eigenvalue weighted by atomic mass is 35.5. The second-order valence-electron chi connectivity index (χ2n) is 3.28. The summed E-state index contributed by atoms with van der Waals surface area (Å²) < 4.78 is 6.21. The van der Waals surface area contributed by atoms with E-state index in [0.717, 1.165) is 36.4 Å². The average molecular weight is 266 g/mol. The molecule has 0 aromatic carbocycles. The lowest BCUT2D eigenvalue weighted by Gasteiger charge is -2.15. The lowest BCUT2D eigenvalue weighted by molar-refractivity contribution is 0.123. The molecule has 0 atom stereocenters. The lowest BCUT2D eigenvalue weighted by atomic mass is 10.4. The van der Waals surface area contributed by atoms with Crippen molar-refractivity contribution in [3.05, 3.63) is 21.3 Å². The Morgan fingerprint density at radius 1 is 1.47 bits per heavy atom. The van der Waals surface area contributed by atoms with Crippen molar-refractivity contribution in [2.75, 3.05) is 32.6 Å². The maximum absolute atomic E-state index is 5.86. The number of thiol groups is 1. The van der Waals surface area contributed by atoms with Gasteiger partial charge in [0, 0.05) is 23.7 Å². The van der Waals surface area contributed by atoms with Gasteiger partial charge in [-0.3, -0.25) is 4.90 Å². The Labute approximate surface area is 106 Å². The van der Waals surface area contributed by atoms with Gasteiger partial charge in [0.1, 0.15) is 0 Å². The number of rotatable bonds is 7. The molecule has 0 bridgehead atoms. The number of nitrogens with zero attached hydrogens (tertiary/aromatic N) is 1. The second-order valence-corrected chi connectivity index (χ2v) is 5.53. The molecule has 1 rings (SSSR count). The maximum atomic E-state index is 5.86. The highest BCUT2D eigenvalue weighted by Crippen LogP contribution is 2.22. The average Bonchev–Trinajstić information content (AvgIpc) is 2.59. The number of hydrogen-bond donors (Lipinski definition) is 1. The summed E-state index contributed by atoms with van der Waals surface area (Å²) in [7, 11) is 2.08. The summed E-state index contributed by atoms with van der Waals surface area (Å²) in [4.78, 5) is 3.51. The molecular weight excluding hydrogens is 250 g/mol. The molecule has 0 aliphatic rings. The number of thiophene rings is 1. The molecule has 0 aliphatic carbocycles. The molecule has 0 saturated carbocycles. The SMILES string of the molecule is CN(CCOCCS)Cc1ccc(Cl)s1. The fourth-order valence-corrected chi connectivity index (χ4v) is 2.47. The minimum absolute atomic E-state index is 0.724. The predicted octanol–water partition coefficient (Wildman–Crippen LogP) is 2.78. The van der Waals surface area contributed by atoms with Crippen LogP contribution in [0.2, 0.25) is 4.34 Å². The van der Waals surface area contributed by atoms with Crippen molar-refractivity contribution in [1.29, 1.82) is 0 Å². The van der Waals surface area contributed by atoms with Crippen molar-refractivity contribution in [3.63, 3.8) is 0 Å². The lowest BCUT2D eigenvalue weighted by Crippen LogP contribution is -2.22. The smallest absolute Gasteiger partial charge is 0.0931 e. The fraction of sp³-hybridized carbons (Fsp3) is 0.600. The van der Waals surface area contributed by atoms with Gasteiger partial charge in [-0.1, -0.05) is 11.6 Å².